The van der Waals surface area contributed by atoms with Gasteiger partial charge in [0.25, 0.3) is 0 Å². The molecule has 0 saturated carbocycles. The number of aliphatic carboxylic acids is 1. The number of nitrogens with one attached hydrogen (secondary N) is 2. The molecule has 0 radical (unpaired) electrons. The fourth-order valence-electron chi connectivity index (χ4n) is 3.54. The second kappa shape index (κ2) is 13.8. The van der Waals surface area contributed by atoms with Crippen molar-refractivity contribution in [3.8, 4) is 11.1 Å². The van der Waals surface area contributed by atoms with Crippen molar-refractivity contribution in [2.24, 2.45) is 5.92 Å². The predicted octanol–water partition coefficient (Wildman–Crippen LogP) is 2.95. The largest absolute Gasteiger partial charge is 0.480 e. The molecule has 0 saturated heterocycles. The molecule has 2 aromatic carbocycles. The number of hydrogen-bond acceptors (Lipinski definition) is 5. The van der Waals surface area contributed by atoms with E-state index in [1.54, 1.807) is 13.8 Å². The van der Waals surface area contributed by atoms with E-state index in [0.29, 0.717) is 12.8 Å². The second-order valence-corrected chi connectivity index (χ2v) is 8.09. The van der Waals surface area contributed by atoms with Crippen molar-refractivity contribution < 1.29 is 29.0 Å². The second-order valence-electron chi connectivity index (χ2n) is 8.09. The van der Waals surface area contributed by atoms with Crippen LogP contribution >= 0.6 is 0 Å². The van der Waals surface area contributed by atoms with Gasteiger partial charge in [0.1, 0.15) is 6.54 Å². The first-order valence-electron chi connectivity index (χ1n) is 11.4. The first-order valence-corrected chi connectivity index (χ1v) is 11.4. The van der Waals surface area contributed by atoms with Crippen LogP contribution in [0.1, 0.15) is 38.7 Å². The number of carboxylic acids is 1. The molecule has 2 aromatic rings. The average molecular weight is 469 g/mol. The Balaban J connectivity index is 2.02. The molecule has 2 unspecified atom stereocenters. The summed E-state index contributed by atoms with van der Waals surface area (Å²) in [5.74, 6) is -2.73. The number of carbonyl (C=O) groups is 4. The quantitative estimate of drug-likeness (QED) is 0.389. The Morgan fingerprint density at radius 3 is 2.15 bits per heavy atom. The van der Waals surface area contributed by atoms with E-state index in [-0.39, 0.29) is 37.4 Å². The first-order chi connectivity index (χ1) is 16.3. The molecule has 0 heterocycles. The van der Waals surface area contributed by atoms with Gasteiger partial charge < -0.3 is 20.5 Å². The van der Waals surface area contributed by atoms with E-state index in [4.69, 9.17) is 9.84 Å². The zero-order chi connectivity index (χ0) is 24.9. The summed E-state index contributed by atoms with van der Waals surface area (Å²) >= 11 is 0. The number of carboxylic acid groups (broad SMARTS) is 1. The molecule has 0 aliphatic rings. The fourth-order valence-corrected chi connectivity index (χ4v) is 3.54. The molecule has 8 nitrogen and oxygen atoms in total. The summed E-state index contributed by atoms with van der Waals surface area (Å²) < 4.78 is 5.10. The number of amides is 2. The van der Waals surface area contributed by atoms with Crippen molar-refractivity contribution in [1.82, 2.24) is 10.6 Å². The lowest BCUT2D eigenvalue weighted by atomic mass is 9.94. The Hall–Kier alpha value is -3.68. The van der Waals surface area contributed by atoms with Gasteiger partial charge in [0.05, 0.1) is 12.5 Å². The Morgan fingerprint density at radius 2 is 1.53 bits per heavy atom. The summed E-state index contributed by atoms with van der Waals surface area (Å²) in [5.41, 5.74) is 3.19. The van der Waals surface area contributed by atoms with Crippen LogP contribution in [0, 0.1) is 5.92 Å². The molecule has 34 heavy (non-hydrogen) atoms. The highest BCUT2D eigenvalue weighted by atomic mass is 16.5. The van der Waals surface area contributed by atoms with Crippen molar-refractivity contribution in [3.05, 3.63) is 60.2 Å². The molecule has 2 atom stereocenters. The predicted molar refractivity (Wildman–Crippen MR) is 128 cm³/mol. The number of carbonyl (C=O) groups excluding carboxylic acids is 3. The summed E-state index contributed by atoms with van der Waals surface area (Å²) in [4.78, 5) is 46.8. The van der Waals surface area contributed by atoms with Gasteiger partial charge in [-0.2, -0.15) is 0 Å². The maximum atomic E-state index is 12.5. The molecular weight excluding hydrogens is 436 g/mol. The molecule has 0 fully saturated rings. The normalized spacial score (nSPS) is 12.3. The highest BCUT2D eigenvalue weighted by molar-refractivity contribution is 5.85. The maximum absolute atomic E-state index is 12.5. The van der Waals surface area contributed by atoms with Gasteiger partial charge in [-0.1, -0.05) is 61.5 Å². The highest BCUT2D eigenvalue weighted by Gasteiger charge is 2.22. The smallest absolute Gasteiger partial charge is 0.322 e. The zero-order valence-corrected chi connectivity index (χ0v) is 19.6. The summed E-state index contributed by atoms with van der Waals surface area (Å²) in [6.07, 6.45) is 0.694. The summed E-state index contributed by atoms with van der Waals surface area (Å²) in [7, 11) is 0. The van der Waals surface area contributed by atoms with E-state index in [1.807, 2.05) is 54.6 Å². The average Bonchev–Trinajstić information content (AvgIpc) is 2.82. The van der Waals surface area contributed by atoms with E-state index in [0.717, 1.165) is 16.7 Å². The number of esters is 1. The third-order valence-electron chi connectivity index (χ3n) is 5.25. The van der Waals surface area contributed by atoms with Gasteiger partial charge in [-0.05, 0) is 36.5 Å². The van der Waals surface area contributed by atoms with E-state index < -0.39 is 24.3 Å². The number of rotatable bonds is 13. The van der Waals surface area contributed by atoms with Crippen molar-refractivity contribution in [3.63, 3.8) is 0 Å². The molecule has 0 aromatic heterocycles. The Morgan fingerprint density at radius 1 is 0.912 bits per heavy atom. The Labute approximate surface area is 199 Å². The Bertz CT molecular complexity index is 959. The minimum atomic E-state index is -1.15. The lowest BCUT2D eigenvalue weighted by Crippen LogP contribution is -2.39. The van der Waals surface area contributed by atoms with Crippen LogP contribution in [0.5, 0.6) is 0 Å². The topological polar surface area (TPSA) is 122 Å². The van der Waals surface area contributed by atoms with E-state index in [1.165, 1.54) is 0 Å². The molecule has 0 spiro atoms. The summed E-state index contributed by atoms with van der Waals surface area (Å²) in [6.45, 7) is 3.30. The Kier molecular flexibility index (Phi) is 10.8. The maximum Gasteiger partial charge on any atom is 0.322 e. The molecule has 0 aliphatic heterocycles. The number of hydrogen-bond donors (Lipinski definition) is 3. The monoisotopic (exact) mass is 468 g/mol. The lowest BCUT2D eigenvalue weighted by Gasteiger charge is -2.22. The van der Waals surface area contributed by atoms with Crippen LogP contribution in [-0.2, 0) is 30.3 Å². The molecular formula is C26H32N2O6. The summed E-state index contributed by atoms with van der Waals surface area (Å²) in [5, 5.41) is 13.8. The van der Waals surface area contributed by atoms with E-state index in [9.17, 15) is 19.2 Å². The van der Waals surface area contributed by atoms with Crippen LogP contribution in [0.25, 0.3) is 11.1 Å². The fraction of sp³-hybridized carbons (Fsp3) is 0.385. The zero-order valence-electron chi connectivity index (χ0n) is 19.6. The van der Waals surface area contributed by atoms with Gasteiger partial charge in [0.15, 0.2) is 0 Å². The van der Waals surface area contributed by atoms with E-state index in [2.05, 4.69) is 10.6 Å². The minimum absolute atomic E-state index is 0.0807. The van der Waals surface area contributed by atoms with Crippen LogP contribution in [0.2, 0.25) is 0 Å². The summed E-state index contributed by atoms with van der Waals surface area (Å²) in [6, 6.07) is 17.7. The van der Waals surface area contributed by atoms with Gasteiger partial charge in [0.2, 0.25) is 11.8 Å². The number of ether oxygens (including phenoxy) is 1. The molecule has 0 bridgehead atoms. The third kappa shape index (κ3) is 9.44. The van der Waals surface area contributed by atoms with Crippen molar-refractivity contribution in [2.45, 2.75) is 45.6 Å². The SMILES string of the molecule is CCOC(=O)C(C)CC(Cc1ccc(-c2ccccc2)cc1)NC(=O)CCC(=O)NCC(=O)O. The minimum Gasteiger partial charge on any atom is -0.480 e. The van der Waals surface area contributed by atoms with Crippen molar-refractivity contribution in [2.75, 3.05) is 13.2 Å². The van der Waals surface area contributed by atoms with Gasteiger partial charge in [-0.25, -0.2) is 0 Å². The van der Waals surface area contributed by atoms with Gasteiger partial charge in [0, 0.05) is 18.9 Å². The molecule has 2 amide bonds. The van der Waals surface area contributed by atoms with Crippen LogP contribution < -0.4 is 10.6 Å². The molecule has 8 heteroatoms. The van der Waals surface area contributed by atoms with Gasteiger partial charge in [-0.15, -0.1) is 0 Å². The van der Waals surface area contributed by atoms with Crippen molar-refractivity contribution in [1.29, 1.82) is 0 Å². The van der Waals surface area contributed by atoms with Crippen LogP contribution in [0.4, 0.5) is 0 Å². The lowest BCUT2D eigenvalue weighted by molar-refractivity contribution is -0.148. The van der Waals surface area contributed by atoms with E-state index >= 15 is 0 Å². The third-order valence-corrected chi connectivity index (χ3v) is 5.25. The van der Waals surface area contributed by atoms with Gasteiger partial charge in [-0.3, -0.25) is 19.2 Å². The molecule has 3 N–H and O–H groups in total. The molecule has 0 aliphatic carbocycles. The molecule has 182 valence electrons. The van der Waals surface area contributed by atoms with Crippen LogP contribution in [0.15, 0.2) is 54.6 Å². The standard InChI is InChI=1S/C26H32N2O6/c1-3-34-26(33)18(2)15-22(28-24(30)14-13-23(29)27-17-25(31)32)16-19-9-11-21(12-10-19)20-7-5-4-6-8-20/h4-12,18,22H,3,13-17H2,1-2H3,(H,27,29)(H,28,30)(H,31,32). The highest BCUT2D eigenvalue weighted by Crippen LogP contribution is 2.21. The first kappa shape index (κ1) is 26.6. The van der Waals surface area contributed by atoms with Gasteiger partial charge >= 0.3 is 11.9 Å². The molecule has 2 rings (SSSR count). The van der Waals surface area contributed by atoms with Crippen LogP contribution in [0.3, 0.4) is 0 Å². The number of benzene rings is 2. The van der Waals surface area contributed by atoms with Crippen molar-refractivity contribution >= 4 is 23.8 Å². The van der Waals surface area contributed by atoms with Crippen LogP contribution in [-0.4, -0.2) is 48.1 Å².